The maximum Gasteiger partial charge on any atom is 0.0449 e. The van der Waals surface area contributed by atoms with Crippen molar-refractivity contribution in [3.8, 4) is 11.1 Å². The Bertz CT molecular complexity index is 377. The molecule has 1 radical (unpaired) electrons. The summed E-state index contributed by atoms with van der Waals surface area (Å²) in [5, 5.41) is 5.23. The number of rotatable bonds is 2. The number of benzene rings is 1. The van der Waals surface area contributed by atoms with E-state index in [1.165, 1.54) is 16.0 Å². The van der Waals surface area contributed by atoms with Crippen LogP contribution in [0.15, 0.2) is 40.6 Å². The first kappa shape index (κ1) is 8.85. The van der Waals surface area contributed by atoms with Gasteiger partial charge in [0.25, 0.3) is 0 Å². The van der Waals surface area contributed by atoms with Crippen molar-refractivity contribution >= 4 is 23.1 Å². The third-order valence-electron chi connectivity index (χ3n) is 1.87. The summed E-state index contributed by atoms with van der Waals surface area (Å²) in [6, 6.07) is 10.6. The summed E-state index contributed by atoms with van der Waals surface area (Å²) in [4.78, 5) is 1.31. The molecule has 13 heavy (non-hydrogen) atoms. The summed E-state index contributed by atoms with van der Waals surface area (Å²) >= 11 is 3.39. The normalized spacial score (nSPS) is 10.2. The Morgan fingerprint density at radius 1 is 1.31 bits per heavy atom. The zero-order valence-electron chi connectivity index (χ0n) is 7.28. The fourth-order valence-corrected chi connectivity index (χ4v) is 2.24. The summed E-state index contributed by atoms with van der Waals surface area (Å²) in [5.74, 6) is 0. The summed E-state index contributed by atoms with van der Waals surface area (Å²) in [6.45, 7) is 0. The van der Waals surface area contributed by atoms with Gasteiger partial charge in [0.15, 0.2) is 0 Å². The molecule has 0 amide bonds. The molecule has 1 aromatic carbocycles. The lowest BCUT2D eigenvalue weighted by Crippen LogP contribution is -1.74. The monoisotopic (exact) mass is 205 g/mol. The minimum absolute atomic E-state index is 1.26. The number of hydrogen-bond acceptors (Lipinski definition) is 2. The Hall–Kier alpha value is -0.730. The highest BCUT2D eigenvalue weighted by atomic mass is 32.2. The highest BCUT2D eigenvalue weighted by Gasteiger charge is 1.98. The Labute approximate surface area is 86.6 Å². The third kappa shape index (κ3) is 1.95. The molecule has 2 rings (SSSR count). The number of hydrogen-bond donors (Lipinski definition) is 0. The van der Waals surface area contributed by atoms with E-state index >= 15 is 0 Å². The molecule has 0 spiro atoms. The van der Waals surface area contributed by atoms with Crippen molar-refractivity contribution in [3.63, 3.8) is 0 Å². The fourth-order valence-electron chi connectivity index (χ4n) is 1.18. The molecule has 0 saturated carbocycles. The minimum atomic E-state index is 1.26. The summed E-state index contributed by atoms with van der Waals surface area (Å²) in [5.41, 5.74) is 2.55. The van der Waals surface area contributed by atoms with Gasteiger partial charge in [-0.25, -0.2) is 0 Å². The van der Waals surface area contributed by atoms with Gasteiger partial charge in [0.05, 0.1) is 0 Å². The second-order valence-corrected chi connectivity index (χ2v) is 4.27. The molecule has 2 aromatic rings. The lowest BCUT2D eigenvalue weighted by atomic mass is 10.1. The van der Waals surface area contributed by atoms with Gasteiger partial charge in [-0.05, 0) is 41.0 Å². The molecule has 65 valence electrons. The van der Waals surface area contributed by atoms with Crippen LogP contribution >= 0.6 is 23.1 Å². The van der Waals surface area contributed by atoms with E-state index < -0.39 is 0 Å². The molecule has 1 heterocycles. The molecule has 0 fully saturated rings. The lowest BCUT2D eigenvalue weighted by Gasteiger charge is -2.00. The highest BCUT2D eigenvalue weighted by molar-refractivity contribution is 7.98. The van der Waals surface area contributed by atoms with Crippen LogP contribution in [0.25, 0.3) is 11.1 Å². The highest BCUT2D eigenvalue weighted by Crippen LogP contribution is 2.25. The molecular formula is C11H9S2. The molecule has 1 aromatic heterocycles. The van der Waals surface area contributed by atoms with E-state index in [0.29, 0.717) is 0 Å². The molecule has 0 unspecified atom stereocenters. The van der Waals surface area contributed by atoms with Crippen LogP contribution in [0.2, 0.25) is 0 Å². The Balaban J connectivity index is 2.41. The Morgan fingerprint density at radius 2 is 2.23 bits per heavy atom. The SMILES string of the molecule is CSc1cccc(-c2c[c]sc2)c1. The maximum absolute atomic E-state index is 3.10. The Morgan fingerprint density at radius 3 is 2.92 bits per heavy atom. The standard InChI is InChI=1S/C11H9S2/c1-12-11-4-2-3-9(7-11)10-5-6-13-8-10/h2-5,7-8H,1H3. The molecule has 0 aliphatic carbocycles. The largest absolute Gasteiger partial charge is 0.142 e. The molecule has 0 aliphatic heterocycles. The van der Waals surface area contributed by atoms with E-state index in [9.17, 15) is 0 Å². The van der Waals surface area contributed by atoms with Crippen LogP contribution in [-0.2, 0) is 0 Å². The van der Waals surface area contributed by atoms with Gasteiger partial charge in [0.2, 0.25) is 0 Å². The predicted molar refractivity (Wildman–Crippen MR) is 60.4 cm³/mol. The first-order valence-electron chi connectivity index (χ1n) is 3.99. The quantitative estimate of drug-likeness (QED) is 0.669. The van der Waals surface area contributed by atoms with Crippen molar-refractivity contribution < 1.29 is 0 Å². The Kier molecular flexibility index (Phi) is 2.71. The fraction of sp³-hybridized carbons (Fsp3) is 0.0909. The van der Waals surface area contributed by atoms with Gasteiger partial charge < -0.3 is 0 Å². The van der Waals surface area contributed by atoms with Gasteiger partial charge in [-0.2, -0.15) is 0 Å². The van der Waals surface area contributed by atoms with E-state index in [-0.39, 0.29) is 0 Å². The van der Waals surface area contributed by atoms with Gasteiger partial charge in [-0.3, -0.25) is 0 Å². The molecule has 0 bridgehead atoms. The lowest BCUT2D eigenvalue weighted by molar-refractivity contribution is 1.47. The van der Waals surface area contributed by atoms with Gasteiger partial charge >= 0.3 is 0 Å². The van der Waals surface area contributed by atoms with Crippen LogP contribution in [0.1, 0.15) is 0 Å². The summed E-state index contributed by atoms with van der Waals surface area (Å²) in [6.07, 6.45) is 2.10. The van der Waals surface area contributed by atoms with E-state index in [4.69, 9.17) is 0 Å². The molecule has 0 N–H and O–H groups in total. The van der Waals surface area contributed by atoms with Crippen molar-refractivity contribution in [2.75, 3.05) is 6.26 Å². The smallest absolute Gasteiger partial charge is 0.0449 e. The molecule has 0 aliphatic rings. The van der Waals surface area contributed by atoms with Crippen molar-refractivity contribution in [2.24, 2.45) is 0 Å². The second-order valence-electron chi connectivity index (χ2n) is 2.69. The van der Waals surface area contributed by atoms with Crippen LogP contribution < -0.4 is 0 Å². The van der Waals surface area contributed by atoms with E-state index in [2.05, 4.69) is 41.3 Å². The summed E-state index contributed by atoms with van der Waals surface area (Å²) in [7, 11) is 0. The van der Waals surface area contributed by atoms with Crippen LogP contribution in [0, 0.1) is 5.38 Å². The van der Waals surface area contributed by atoms with Crippen molar-refractivity contribution in [1.29, 1.82) is 0 Å². The molecule has 2 heteroatoms. The maximum atomic E-state index is 3.10. The first-order chi connectivity index (χ1) is 6.40. The first-order valence-corrected chi connectivity index (χ1v) is 6.09. The van der Waals surface area contributed by atoms with Crippen molar-refractivity contribution in [1.82, 2.24) is 0 Å². The second kappa shape index (κ2) is 3.99. The van der Waals surface area contributed by atoms with Gasteiger partial charge in [-0.1, -0.05) is 12.1 Å². The molecule has 0 nitrogen and oxygen atoms in total. The van der Waals surface area contributed by atoms with E-state index in [1.807, 2.05) is 6.07 Å². The molecular weight excluding hydrogens is 196 g/mol. The van der Waals surface area contributed by atoms with Crippen molar-refractivity contribution in [3.05, 3.63) is 41.1 Å². The molecule has 0 atom stereocenters. The van der Waals surface area contributed by atoms with Crippen LogP contribution in [0.3, 0.4) is 0 Å². The predicted octanol–water partition coefficient (Wildman–Crippen LogP) is 3.94. The van der Waals surface area contributed by atoms with E-state index in [1.54, 1.807) is 23.1 Å². The number of thioether (sulfide) groups is 1. The number of thiophene rings is 1. The third-order valence-corrected chi connectivity index (χ3v) is 3.22. The summed E-state index contributed by atoms with van der Waals surface area (Å²) < 4.78 is 0. The van der Waals surface area contributed by atoms with Crippen LogP contribution in [0.5, 0.6) is 0 Å². The van der Waals surface area contributed by atoms with Gasteiger partial charge in [0, 0.05) is 10.3 Å². The molecule has 0 saturated heterocycles. The topological polar surface area (TPSA) is 0 Å². The van der Waals surface area contributed by atoms with Gasteiger partial charge in [0.1, 0.15) is 0 Å². The van der Waals surface area contributed by atoms with Crippen molar-refractivity contribution in [2.45, 2.75) is 4.90 Å². The van der Waals surface area contributed by atoms with Gasteiger partial charge in [-0.15, -0.1) is 23.1 Å². The minimum Gasteiger partial charge on any atom is -0.142 e. The average molecular weight is 205 g/mol. The van der Waals surface area contributed by atoms with Crippen LogP contribution in [-0.4, -0.2) is 6.26 Å². The average Bonchev–Trinajstić information content (AvgIpc) is 2.71. The zero-order chi connectivity index (χ0) is 9.10. The van der Waals surface area contributed by atoms with Crippen LogP contribution in [0.4, 0.5) is 0 Å². The van der Waals surface area contributed by atoms with E-state index in [0.717, 1.165) is 0 Å². The zero-order valence-corrected chi connectivity index (χ0v) is 8.91.